The van der Waals surface area contributed by atoms with Crippen molar-refractivity contribution in [1.82, 2.24) is 0 Å². The fourth-order valence-electron chi connectivity index (χ4n) is 0.899. The van der Waals surface area contributed by atoms with Gasteiger partial charge in [0.2, 0.25) is 0 Å². The first kappa shape index (κ1) is 11.2. The Hall–Kier alpha value is 0.120. The van der Waals surface area contributed by atoms with Crippen molar-refractivity contribution in [2.75, 3.05) is 0 Å². The molecule has 0 radical (unpaired) electrons. The molecule has 4 heteroatoms. The Morgan fingerprint density at radius 2 is 1.85 bits per heavy atom. The van der Waals surface area contributed by atoms with Crippen LogP contribution in [0.1, 0.15) is 11.1 Å². The summed E-state index contributed by atoms with van der Waals surface area (Å²) < 4.78 is 0. The van der Waals surface area contributed by atoms with Crippen molar-refractivity contribution in [3.05, 3.63) is 38.8 Å². The number of halogens is 4. The first-order valence-corrected chi connectivity index (χ1v) is 5.05. The van der Waals surface area contributed by atoms with Crippen molar-refractivity contribution in [2.24, 2.45) is 0 Å². The van der Waals surface area contributed by atoms with Crippen LogP contribution in [0.3, 0.4) is 0 Å². The third kappa shape index (κ3) is 2.54. The second kappa shape index (κ2) is 4.56. The maximum atomic E-state index is 5.91. The first-order valence-electron chi connectivity index (χ1n) is 3.48. The number of hydrogen-bond acceptors (Lipinski definition) is 0. The van der Waals surface area contributed by atoms with Gasteiger partial charge in [-0.05, 0) is 24.6 Å². The van der Waals surface area contributed by atoms with E-state index < -0.39 is 0 Å². The van der Waals surface area contributed by atoms with Crippen LogP contribution in [0.4, 0.5) is 0 Å². The van der Waals surface area contributed by atoms with Crippen LogP contribution < -0.4 is 0 Å². The number of benzene rings is 1. The van der Waals surface area contributed by atoms with Gasteiger partial charge in [0, 0.05) is 16.1 Å². The fourth-order valence-corrected chi connectivity index (χ4v) is 1.71. The van der Waals surface area contributed by atoms with Gasteiger partial charge in [-0.2, -0.15) is 0 Å². The topological polar surface area (TPSA) is 0 Å². The molecule has 0 fully saturated rings. The van der Waals surface area contributed by atoms with E-state index in [1.807, 2.05) is 6.92 Å². The standard InChI is InChI=1S/C9H6Cl4/c1-5-2-6(9(13)4-10)8(12)3-7(5)11/h2-4H,1H3/b9-4-. The van der Waals surface area contributed by atoms with E-state index in [0.29, 0.717) is 20.6 Å². The van der Waals surface area contributed by atoms with Gasteiger partial charge >= 0.3 is 0 Å². The summed E-state index contributed by atoms with van der Waals surface area (Å²) in [6.45, 7) is 1.88. The highest BCUT2D eigenvalue weighted by atomic mass is 35.5. The van der Waals surface area contributed by atoms with E-state index in [-0.39, 0.29) is 0 Å². The summed E-state index contributed by atoms with van der Waals surface area (Å²) in [4.78, 5) is 0. The Labute approximate surface area is 97.0 Å². The van der Waals surface area contributed by atoms with Crippen molar-refractivity contribution < 1.29 is 0 Å². The minimum absolute atomic E-state index is 0.409. The van der Waals surface area contributed by atoms with Crippen molar-refractivity contribution in [3.63, 3.8) is 0 Å². The molecule has 1 aromatic carbocycles. The van der Waals surface area contributed by atoms with E-state index in [1.54, 1.807) is 12.1 Å². The normalized spacial score (nSPS) is 11.9. The van der Waals surface area contributed by atoms with Crippen LogP contribution in [0, 0.1) is 6.92 Å². The average Bonchev–Trinajstić information content (AvgIpc) is 2.10. The Morgan fingerprint density at radius 1 is 1.23 bits per heavy atom. The summed E-state index contributed by atoms with van der Waals surface area (Å²) in [6.07, 6.45) is 0. The predicted molar refractivity (Wildman–Crippen MR) is 60.9 cm³/mol. The molecule has 0 unspecified atom stereocenters. The summed E-state index contributed by atoms with van der Waals surface area (Å²) in [5.41, 5.74) is 2.88. The lowest BCUT2D eigenvalue weighted by atomic mass is 10.1. The number of aryl methyl sites for hydroxylation is 1. The minimum atomic E-state index is 0.409. The van der Waals surface area contributed by atoms with Gasteiger partial charge in [0.1, 0.15) is 0 Å². The maximum absolute atomic E-state index is 5.91. The van der Waals surface area contributed by atoms with Gasteiger partial charge < -0.3 is 0 Å². The van der Waals surface area contributed by atoms with Gasteiger partial charge in [-0.15, -0.1) is 0 Å². The zero-order valence-corrected chi connectivity index (χ0v) is 9.77. The summed E-state index contributed by atoms with van der Waals surface area (Å²) in [6, 6.07) is 3.45. The summed E-state index contributed by atoms with van der Waals surface area (Å²) >= 11 is 23.0. The molecule has 0 aliphatic rings. The molecule has 0 saturated carbocycles. The molecule has 0 nitrogen and oxygen atoms in total. The van der Waals surface area contributed by atoms with Crippen LogP contribution >= 0.6 is 46.4 Å². The molecule has 0 aromatic heterocycles. The predicted octanol–water partition coefficient (Wildman–Crippen LogP) is 5.08. The third-order valence-electron chi connectivity index (χ3n) is 1.60. The van der Waals surface area contributed by atoms with E-state index in [1.165, 1.54) is 5.54 Å². The molecule has 70 valence electrons. The maximum Gasteiger partial charge on any atom is 0.0606 e. The first-order chi connectivity index (χ1) is 6.06. The summed E-state index contributed by atoms with van der Waals surface area (Å²) in [5, 5.41) is 1.52. The molecule has 0 heterocycles. The lowest BCUT2D eigenvalue weighted by Gasteiger charge is -2.05. The highest BCUT2D eigenvalue weighted by Crippen LogP contribution is 2.31. The molecule has 0 atom stereocenters. The summed E-state index contributed by atoms with van der Waals surface area (Å²) in [7, 11) is 0. The van der Waals surface area contributed by atoms with Crippen LogP contribution in [-0.4, -0.2) is 0 Å². The van der Waals surface area contributed by atoms with Crippen LogP contribution in [-0.2, 0) is 0 Å². The zero-order chi connectivity index (χ0) is 10.0. The van der Waals surface area contributed by atoms with E-state index in [0.717, 1.165) is 5.56 Å². The monoisotopic (exact) mass is 254 g/mol. The minimum Gasteiger partial charge on any atom is -0.0913 e. The average molecular weight is 256 g/mol. The van der Waals surface area contributed by atoms with E-state index >= 15 is 0 Å². The van der Waals surface area contributed by atoms with Crippen molar-refractivity contribution >= 4 is 51.4 Å². The molecule has 0 saturated heterocycles. The largest absolute Gasteiger partial charge is 0.0913 e. The van der Waals surface area contributed by atoms with Gasteiger partial charge in [0.15, 0.2) is 0 Å². The van der Waals surface area contributed by atoms with Crippen LogP contribution in [0.25, 0.3) is 5.03 Å². The molecule has 1 aromatic rings. The van der Waals surface area contributed by atoms with Crippen molar-refractivity contribution in [2.45, 2.75) is 6.92 Å². The Morgan fingerprint density at radius 3 is 2.38 bits per heavy atom. The quantitative estimate of drug-likeness (QED) is 0.657. The SMILES string of the molecule is Cc1cc(/C(Cl)=C/Cl)c(Cl)cc1Cl. The molecule has 0 bridgehead atoms. The zero-order valence-electron chi connectivity index (χ0n) is 6.74. The lowest BCUT2D eigenvalue weighted by Crippen LogP contribution is -1.83. The van der Waals surface area contributed by atoms with Gasteiger partial charge in [0.25, 0.3) is 0 Å². The number of hydrogen-bond donors (Lipinski definition) is 0. The van der Waals surface area contributed by atoms with E-state index in [4.69, 9.17) is 46.4 Å². The number of rotatable bonds is 1. The lowest BCUT2D eigenvalue weighted by molar-refractivity contribution is 1.45. The van der Waals surface area contributed by atoms with Gasteiger partial charge in [-0.3, -0.25) is 0 Å². The molecule has 0 amide bonds. The van der Waals surface area contributed by atoms with Crippen LogP contribution in [0.2, 0.25) is 10.0 Å². The van der Waals surface area contributed by atoms with E-state index in [9.17, 15) is 0 Å². The Bertz CT molecular complexity index is 355. The molecular formula is C9H6Cl4. The molecule has 13 heavy (non-hydrogen) atoms. The Kier molecular flexibility index (Phi) is 3.93. The molecule has 0 N–H and O–H groups in total. The molecule has 1 rings (SSSR count). The van der Waals surface area contributed by atoms with Crippen LogP contribution in [0.5, 0.6) is 0 Å². The fraction of sp³-hybridized carbons (Fsp3) is 0.111. The third-order valence-corrected chi connectivity index (χ3v) is 2.96. The Balaban J connectivity index is 3.32. The van der Waals surface area contributed by atoms with Gasteiger partial charge in [-0.1, -0.05) is 46.4 Å². The van der Waals surface area contributed by atoms with E-state index in [2.05, 4.69) is 0 Å². The second-order valence-electron chi connectivity index (χ2n) is 2.54. The van der Waals surface area contributed by atoms with Crippen LogP contribution in [0.15, 0.2) is 17.7 Å². The highest BCUT2D eigenvalue weighted by molar-refractivity contribution is 6.54. The summed E-state index contributed by atoms with van der Waals surface area (Å²) in [5.74, 6) is 0. The second-order valence-corrected chi connectivity index (χ2v) is 3.98. The van der Waals surface area contributed by atoms with Gasteiger partial charge in [0.05, 0.1) is 10.1 Å². The van der Waals surface area contributed by atoms with Crippen molar-refractivity contribution in [1.29, 1.82) is 0 Å². The molecule has 0 aliphatic heterocycles. The molecule has 0 aliphatic carbocycles. The molecule has 0 spiro atoms. The smallest absolute Gasteiger partial charge is 0.0606 e. The van der Waals surface area contributed by atoms with Gasteiger partial charge in [-0.25, -0.2) is 0 Å². The molecular weight excluding hydrogens is 250 g/mol. The van der Waals surface area contributed by atoms with Crippen molar-refractivity contribution in [3.8, 4) is 0 Å². The highest BCUT2D eigenvalue weighted by Gasteiger charge is 2.06.